The van der Waals surface area contributed by atoms with Crippen molar-refractivity contribution in [2.24, 2.45) is 0 Å². The Morgan fingerprint density at radius 3 is 2.70 bits per heavy atom. The van der Waals surface area contributed by atoms with Crippen molar-refractivity contribution in [2.75, 3.05) is 6.61 Å². The number of hydrogen-bond donors (Lipinski definition) is 1. The molecule has 8 heteroatoms. The van der Waals surface area contributed by atoms with E-state index in [0.29, 0.717) is 5.52 Å². The van der Waals surface area contributed by atoms with Gasteiger partial charge in [-0.15, -0.1) is 0 Å². The van der Waals surface area contributed by atoms with Crippen molar-refractivity contribution in [3.63, 3.8) is 0 Å². The molecule has 0 atom stereocenters. The molecule has 0 amide bonds. The fourth-order valence-corrected chi connectivity index (χ4v) is 3.42. The Hall–Kier alpha value is -3.16. The van der Waals surface area contributed by atoms with E-state index in [1.54, 1.807) is 11.5 Å². The van der Waals surface area contributed by atoms with Crippen LogP contribution in [0.15, 0.2) is 21.5 Å². The highest BCUT2D eigenvalue weighted by Crippen LogP contribution is 2.40. The summed E-state index contributed by atoms with van der Waals surface area (Å²) < 4.78 is 27.0. The van der Waals surface area contributed by atoms with E-state index in [-0.39, 0.29) is 45.9 Å². The number of fused-ring (bicyclic) bond motifs is 3. The maximum absolute atomic E-state index is 14.8. The molecule has 2 heterocycles. The van der Waals surface area contributed by atoms with Crippen molar-refractivity contribution in [1.29, 1.82) is 0 Å². The van der Waals surface area contributed by atoms with E-state index in [0.717, 1.165) is 18.9 Å². The maximum atomic E-state index is 14.8. The highest BCUT2D eigenvalue weighted by atomic mass is 19.1. The molecule has 1 N–H and O–H groups in total. The second kappa shape index (κ2) is 5.94. The Kier molecular flexibility index (Phi) is 3.80. The highest BCUT2D eigenvalue weighted by Gasteiger charge is 2.31. The molecule has 0 unspecified atom stereocenters. The SMILES string of the molecule is CCOC(=O)c1cn(C2CC2)c2c(cc(F)c3c(C(=O)O)c(C)oc32)c1=O. The molecule has 1 aromatic carbocycles. The number of furan rings is 1. The van der Waals surface area contributed by atoms with Crippen LogP contribution in [-0.4, -0.2) is 28.2 Å². The minimum atomic E-state index is -1.31. The molecule has 27 heavy (non-hydrogen) atoms. The van der Waals surface area contributed by atoms with Crippen molar-refractivity contribution >= 4 is 33.8 Å². The summed E-state index contributed by atoms with van der Waals surface area (Å²) in [6.07, 6.45) is 3.05. The van der Waals surface area contributed by atoms with Gasteiger partial charge >= 0.3 is 11.9 Å². The fraction of sp³-hybridized carbons (Fsp3) is 0.316. The second-order valence-electron chi connectivity index (χ2n) is 6.53. The van der Waals surface area contributed by atoms with Gasteiger partial charge in [0, 0.05) is 12.2 Å². The van der Waals surface area contributed by atoms with Gasteiger partial charge in [0.05, 0.1) is 22.9 Å². The van der Waals surface area contributed by atoms with Crippen LogP contribution in [0.1, 0.15) is 52.3 Å². The average Bonchev–Trinajstić information content (AvgIpc) is 3.37. The molecule has 140 valence electrons. The first-order valence-corrected chi connectivity index (χ1v) is 8.56. The molecule has 0 radical (unpaired) electrons. The van der Waals surface area contributed by atoms with Gasteiger partial charge in [0.2, 0.25) is 5.43 Å². The standard InChI is InChI=1S/C19H16FNO6/c1-3-26-19(25)11-7-21(9-4-5-9)15-10(16(11)22)6-12(20)14-13(18(23)24)8(2)27-17(14)15/h6-7,9H,3-5H2,1-2H3,(H,23,24). The van der Waals surface area contributed by atoms with E-state index in [2.05, 4.69) is 0 Å². The number of carboxylic acids is 1. The number of halogens is 1. The number of aryl methyl sites for hydroxylation is 1. The van der Waals surface area contributed by atoms with Crippen molar-refractivity contribution < 1.29 is 28.2 Å². The number of aromatic carboxylic acids is 1. The number of pyridine rings is 1. The van der Waals surface area contributed by atoms with Gasteiger partial charge in [-0.3, -0.25) is 4.79 Å². The normalized spacial score (nSPS) is 14.0. The third-order valence-corrected chi connectivity index (χ3v) is 4.73. The van der Waals surface area contributed by atoms with Crippen molar-refractivity contribution in [2.45, 2.75) is 32.7 Å². The zero-order chi connectivity index (χ0) is 19.5. The summed E-state index contributed by atoms with van der Waals surface area (Å²) in [7, 11) is 0. The third-order valence-electron chi connectivity index (χ3n) is 4.73. The summed E-state index contributed by atoms with van der Waals surface area (Å²) in [5, 5.41) is 9.20. The number of rotatable bonds is 4. The van der Waals surface area contributed by atoms with Gasteiger partial charge in [-0.2, -0.15) is 0 Å². The largest absolute Gasteiger partial charge is 0.478 e. The van der Waals surface area contributed by atoms with E-state index in [4.69, 9.17) is 9.15 Å². The number of carbonyl (C=O) groups excluding carboxylic acids is 1. The molecule has 0 bridgehead atoms. The molecule has 1 aliphatic rings. The number of hydrogen-bond acceptors (Lipinski definition) is 5. The smallest absolute Gasteiger partial charge is 0.343 e. The summed E-state index contributed by atoms with van der Waals surface area (Å²) in [5.74, 6) is -2.92. The third kappa shape index (κ3) is 2.51. The topological polar surface area (TPSA) is 98.7 Å². The molecular formula is C19H16FNO6. The summed E-state index contributed by atoms with van der Waals surface area (Å²) in [4.78, 5) is 36.5. The summed E-state index contributed by atoms with van der Waals surface area (Å²) >= 11 is 0. The second-order valence-corrected chi connectivity index (χ2v) is 6.53. The first-order valence-electron chi connectivity index (χ1n) is 8.56. The van der Waals surface area contributed by atoms with Crippen LogP contribution >= 0.6 is 0 Å². The number of nitrogens with zero attached hydrogens (tertiary/aromatic N) is 1. The Bertz CT molecular complexity index is 1180. The van der Waals surface area contributed by atoms with E-state index < -0.39 is 23.2 Å². The van der Waals surface area contributed by atoms with Crippen LogP contribution in [0.25, 0.3) is 21.9 Å². The predicted octanol–water partition coefficient (Wildman–Crippen LogP) is 3.41. The molecule has 4 rings (SSSR count). The molecule has 1 fully saturated rings. The molecule has 1 aliphatic carbocycles. The average molecular weight is 373 g/mol. The first-order chi connectivity index (χ1) is 12.8. The quantitative estimate of drug-likeness (QED) is 0.704. The van der Waals surface area contributed by atoms with Crippen LogP contribution in [0.2, 0.25) is 0 Å². The zero-order valence-corrected chi connectivity index (χ0v) is 14.7. The Labute approximate surface area is 151 Å². The predicted molar refractivity (Wildman–Crippen MR) is 93.9 cm³/mol. The lowest BCUT2D eigenvalue weighted by Crippen LogP contribution is -2.21. The molecular weight excluding hydrogens is 357 g/mol. The van der Waals surface area contributed by atoms with E-state index in [9.17, 15) is 23.9 Å². The van der Waals surface area contributed by atoms with Gasteiger partial charge in [-0.1, -0.05) is 0 Å². The lowest BCUT2D eigenvalue weighted by molar-refractivity contribution is 0.0523. The number of benzene rings is 1. The first kappa shape index (κ1) is 17.3. The summed E-state index contributed by atoms with van der Waals surface area (Å²) in [6, 6.07) is 0.997. The van der Waals surface area contributed by atoms with Crippen LogP contribution in [0.5, 0.6) is 0 Å². The van der Waals surface area contributed by atoms with E-state index >= 15 is 0 Å². The molecule has 0 aliphatic heterocycles. The molecule has 7 nitrogen and oxygen atoms in total. The lowest BCUT2D eigenvalue weighted by Gasteiger charge is -2.13. The summed E-state index contributed by atoms with van der Waals surface area (Å²) in [5.41, 5.74) is -0.834. The Morgan fingerprint density at radius 2 is 2.11 bits per heavy atom. The van der Waals surface area contributed by atoms with E-state index in [1.807, 2.05) is 0 Å². The highest BCUT2D eigenvalue weighted by molar-refractivity contribution is 6.12. The zero-order valence-electron chi connectivity index (χ0n) is 14.7. The Morgan fingerprint density at radius 1 is 1.41 bits per heavy atom. The van der Waals surface area contributed by atoms with Crippen molar-refractivity contribution in [1.82, 2.24) is 4.57 Å². The number of carbonyl (C=O) groups is 2. The van der Waals surface area contributed by atoms with Crippen LogP contribution < -0.4 is 5.43 Å². The summed E-state index contributed by atoms with van der Waals surface area (Å²) in [6.45, 7) is 3.16. The number of aromatic nitrogens is 1. The fourth-order valence-electron chi connectivity index (χ4n) is 3.42. The molecule has 2 aromatic heterocycles. The Balaban J connectivity index is 2.17. The monoisotopic (exact) mass is 373 g/mol. The number of esters is 1. The number of ether oxygens (including phenoxy) is 1. The molecule has 0 spiro atoms. The van der Waals surface area contributed by atoms with Gasteiger partial charge in [0.25, 0.3) is 0 Å². The van der Waals surface area contributed by atoms with Crippen molar-refractivity contribution in [3.05, 3.63) is 45.2 Å². The minimum absolute atomic E-state index is 0.000640. The van der Waals surface area contributed by atoms with Gasteiger partial charge < -0.3 is 18.8 Å². The molecule has 3 aromatic rings. The van der Waals surface area contributed by atoms with E-state index in [1.165, 1.54) is 13.1 Å². The van der Waals surface area contributed by atoms with Gasteiger partial charge in [0.1, 0.15) is 22.7 Å². The van der Waals surface area contributed by atoms with Gasteiger partial charge in [-0.25, -0.2) is 14.0 Å². The maximum Gasteiger partial charge on any atom is 0.343 e. The van der Waals surface area contributed by atoms with Crippen LogP contribution in [0.3, 0.4) is 0 Å². The van der Waals surface area contributed by atoms with Crippen LogP contribution in [0.4, 0.5) is 4.39 Å². The molecule has 1 saturated carbocycles. The van der Waals surface area contributed by atoms with Gasteiger partial charge in [0.15, 0.2) is 5.58 Å². The number of carboxylic acid groups (broad SMARTS) is 1. The van der Waals surface area contributed by atoms with Crippen molar-refractivity contribution in [3.8, 4) is 0 Å². The molecule has 0 saturated heterocycles. The minimum Gasteiger partial charge on any atom is -0.478 e. The van der Waals surface area contributed by atoms with Gasteiger partial charge in [-0.05, 0) is 32.8 Å². The lowest BCUT2D eigenvalue weighted by atomic mass is 10.1. The van der Waals surface area contributed by atoms with Crippen LogP contribution in [0, 0.1) is 12.7 Å². The van der Waals surface area contributed by atoms with Crippen LogP contribution in [-0.2, 0) is 4.74 Å².